The van der Waals surface area contributed by atoms with Crippen LogP contribution in [0.25, 0.3) is 0 Å². The van der Waals surface area contributed by atoms with E-state index >= 15 is 0 Å². The standard InChI is InChI=1S/C33H40ClN3O3/c1-5-21(2)40-31-20-29-25(18-30(31)39-4)19-32(38)37(33(29)24-6-8-26(34)9-7-24)28-12-10-27(11-13-28)36-22(3)23-14-16-35-17-15-23/h6-13,18,20-23,33,35-36H,5,14-17,19H2,1-4H3/t21-,22?,33?/m1/s1. The fraction of sp³-hybridized carbons (Fsp3) is 0.424. The van der Waals surface area contributed by atoms with E-state index in [2.05, 4.69) is 42.7 Å². The van der Waals surface area contributed by atoms with Crippen molar-refractivity contribution in [1.82, 2.24) is 5.32 Å². The van der Waals surface area contributed by atoms with Crippen molar-refractivity contribution in [2.45, 2.75) is 64.6 Å². The molecule has 2 aliphatic rings. The lowest BCUT2D eigenvalue weighted by molar-refractivity contribution is -0.118. The monoisotopic (exact) mass is 561 g/mol. The number of benzene rings is 3. The highest BCUT2D eigenvalue weighted by molar-refractivity contribution is 6.30. The predicted octanol–water partition coefficient (Wildman–Crippen LogP) is 7.00. The summed E-state index contributed by atoms with van der Waals surface area (Å²) in [7, 11) is 1.64. The molecule has 3 atom stereocenters. The summed E-state index contributed by atoms with van der Waals surface area (Å²) in [5.74, 6) is 2.02. The minimum atomic E-state index is -0.328. The summed E-state index contributed by atoms with van der Waals surface area (Å²) >= 11 is 6.26. The highest BCUT2D eigenvalue weighted by Crippen LogP contribution is 2.44. The Labute approximate surface area is 243 Å². The van der Waals surface area contributed by atoms with Crippen LogP contribution >= 0.6 is 11.6 Å². The second kappa shape index (κ2) is 12.5. The normalized spacial score (nSPS) is 19.1. The molecule has 212 valence electrons. The summed E-state index contributed by atoms with van der Waals surface area (Å²) in [4.78, 5) is 15.7. The molecule has 3 aromatic carbocycles. The van der Waals surface area contributed by atoms with Crippen molar-refractivity contribution < 1.29 is 14.3 Å². The van der Waals surface area contributed by atoms with Crippen LogP contribution in [0, 0.1) is 5.92 Å². The minimum absolute atomic E-state index is 0.0360. The number of methoxy groups -OCH3 is 1. The SMILES string of the molecule is CC[C@@H](C)Oc1cc2c(cc1OC)CC(=O)N(c1ccc(NC(C)C3CCNCC3)cc1)C2c1ccc(Cl)cc1. The van der Waals surface area contributed by atoms with Gasteiger partial charge in [0.25, 0.3) is 0 Å². The van der Waals surface area contributed by atoms with E-state index in [1.54, 1.807) is 7.11 Å². The molecular weight excluding hydrogens is 522 g/mol. The molecule has 0 bridgehead atoms. The van der Waals surface area contributed by atoms with Crippen LogP contribution in [0.5, 0.6) is 11.5 Å². The largest absolute Gasteiger partial charge is 0.493 e. The molecule has 0 spiro atoms. The lowest BCUT2D eigenvalue weighted by atomic mass is 9.86. The molecule has 1 amide bonds. The first-order valence-electron chi connectivity index (χ1n) is 14.4. The number of rotatable bonds is 9. The number of hydrogen-bond acceptors (Lipinski definition) is 5. The number of ether oxygens (including phenoxy) is 2. The van der Waals surface area contributed by atoms with Gasteiger partial charge in [-0.15, -0.1) is 0 Å². The van der Waals surface area contributed by atoms with Gasteiger partial charge < -0.3 is 25.0 Å². The van der Waals surface area contributed by atoms with Crippen molar-refractivity contribution in [3.8, 4) is 11.5 Å². The average molecular weight is 562 g/mol. The summed E-state index contributed by atoms with van der Waals surface area (Å²) < 4.78 is 11.9. The lowest BCUT2D eigenvalue weighted by Gasteiger charge is -2.38. The Morgan fingerprint density at radius 1 is 1.02 bits per heavy atom. The van der Waals surface area contributed by atoms with Crippen LogP contribution in [-0.2, 0) is 11.2 Å². The molecule has 2 heterocycles. The zero-order valence-corrected chi connectivity index (χ0v) is 24.6. The van der Waals surface area contributed by atoms with E-state index < -0.39 is 0 Å². The zero-order chi connectivity index (χ0) is 28.2. The Morgan fingerprint density at radius 3 is 2.38 bits per heavy atom. The van der Waals surface area contributed by atoms with Gasteiger partial charge in [0.05, 0.1) is 25.7 Å². The van der Waals surface area contributed by atoms with Gasteiger partial charge in [-0.2, -0.15) is 0 Å². The molecule has 0 aromatic heterocycles. The van der Waals surface area contributed by atoms with Gasteiger partial charge in [0.15, 0.2) is 11.5 Å². The number of carbonyl (C=O) groups is 1. The van der Waals surface area contributed by atoms with Crippen LogP contribution in [-0.4, -0.2) is 38.3 Å². The smallest absolute Gasteiger partial charge is 0.232 e. The van der Waals surface area contributed by atoms with Crippen LogP contribution in [0.4, 0.5) is 11.4 Å². The molecule has 0 radical (unpaired) electrons. The molecule has 5 rings (SSSR count). The Balaban J connectivity index is 1.50. The van der Waals surface area contributed by atoms with Crippen LogP contribution < -0.4 is 25.0 Å². The number of nitrogens with zero attached hydrogens (tertiary/aromatic N) is 1. The molecule has 7 heteroatoms. The number of hydrogen-bond donors (Lipinski definition) is 2. The molecule has 0 saturated carbocycles. The fourth-order valence-electron chi connectivity index (χ4n) is 5.82. The van der Waals surface area contributed by atoms with E-state index in [1.165, 1.54) is 12.8 Å². The molecule has 2 aliphatic heterocycles. The third kappa shape index (κ3) is 6.08. The number of piperidine rings is 1. The Morgan fingerprint density at radius 2 is 1.73 bits per heavy atom. The number of nitrogens with one attached hydrogen (secondary N) is 2. The first-order valence-corrected chi connectivity index (χ1v) is 14.8. The van der Waals surface area contributed by atoms with E-state index in [1.807, 2.05) is 54.3 Å². The third-order valence-corrected chi connectivity index (χ3v) is 8.56. The van der Waals surface area contributed by atoms with Crippen LogP contribution in [0.2, 0.25) is 5.02 Å². The van der Waals surface area contributed by atoms with Crippen molar-refractivity contribution in [2.75, 3.05) is 30.4 Å². The molecule has 40 heavy (non-hydrogen) atoms. The molecule has 1 fully saturated rings. The predicted molar refractivity (Wildman–Crippen MR) is 163 cm³/mol. The maximum Gasteiger partial charge on any atom is 0.232 e. The quantitative estimate of drug-likeness (QED) is 0.294. The molecule has 0 aliphatic carbocycles. The lowest BCUT2D eigenvalue weighted by Crippen LogP contribution is -2.41. The van der Waals surface area contributed by atoms with Crippen molar-refractivity contribution >= 4 is 28.9 Å². The number of anilines is 2. The summed E-state index contributed by atoms with van der Waals surface area (Å²) in [6, 6.07) is 20.1. The fourth-order valence-corrected chi connectivity index (χ4v) is 5.94. The second-order valence-electron chi connectivity index (χ2n) is 11.0. The Kier molecular flexibility index (Phi) is 8.87. The summed E-state index contributed by atoms with van der Waals surface area (Å²) in [6.45, 7) is 8.57. The number of halogens is 1. The molecule has 2 unspecified atom stereocenters. The first-order chi connectivity index (χ1) is 19.4. The second-order valence-corrected chi connectivity index (χ2v) is 11.4. The van der Waals surface area contributed by atoms with Gasteiger partial charge in [-0.3, -0.25) is 4.79 Å². The molecule has 3 aromatic rings. The van der Waals surface area contributed by atoms with E-state index in [-0.39, 0.29) is 24.5 Å². The van der Waals surface area contributed by atoms with Gasteiger partial charge in [0, 0.05) is 22.4 Å². The van der Waals surface area contributed by atoms with Crippen molar-refractivity contribution in [1.29, 1.82) is 0 Å². The van der Waals surface area contributed by atoms with E-state index in [0.717, 1.165) is 47.6 Å². The zero-order valence-electron chi connectivity index (χ0n) is 23.9. The van der Waals surface area contributed by atoms with Gasteiger partial charge >= 0.3 is 0 Å². The minimum Gasteiger partial charge on any atom is -0.493 e. The van der Waals surface area contributed by atoms with E-state index in [0.29, 0.717) is 28.5 Å². The van der Waals surface area contributed by atoms with Crippen molar-refractivity contribution in [3.05, 3.63) is 82.4 Å². The van der Waals surface area contributed by atoms with Crippen molar-refractivity contribution in [2.24, 2.45) is 5.92 Å². The highest BCUT2D eigenvalue weighted by atomic mass is 35.5. The summed E-state index contributed by atoms with van der Waals surface area (Å²) in [6.07, 6.45) is 3.57. The molecular formula is C33H40ClN3O3. The van der Waals surface area contributed by atoms with Crippen LogP contribution in [0.15, 0.2) is 60.7 Å². The van der Waals surface area contributed by atoms with Gasteiger partial charge in [-0.05, 0) is 117 Å². The van der Waals surface area contributed by atoms with Gasteiger partial charge in [-0.1, -0.05) is 30.7 Å². The maximum atomic E-state index is 13.8. The third-order valence-electron chi connectivity index (χ3n) is 8.31. The van der Waals surface area contributed by atoms with E-state index in [9.17, 15) is 4.79 Å². The number of amides is 1. The maximum absolute atomic E-state index is 13.8. The molecule has 2 N–H and O–H groups in total. The number of carbonyl (C=O) groups excluding carboxylic acids is 1. The van der Waals surface area contributed by atoms with Crippen LogP contribution in [0.3, 0.4) is 0 Å². The summed E-state index contributed by atoms with van der Waals surface area (Å²) in [5, 5.41) is 7.79. The Bertz CT molecular complexity index is 1310. The Hall–Kier alpha value is -3.22. The first kappa shape index (κ1) is 28.3. The summed E-state index contributed by atoms with van der Waals surface area (Å²) in [5.41, 5.74) is 4.89. The topological polar surface area (TPSA) is 62.8 Å². The number of fused-ring (bicyclic) bond motifs is 1. The molecule has 1 saturated heterocycles. The van der Waals surface area contributed by atoms with Crippen molar-refractivity contribution in [3.63, 3.8) is 0 Å². The average Bonchev–Trinajstić information content (AvgIpc) is 2.97. The van der Waals surface area contributed by atoms with Gasteiger partial charge in [0.2, 0.25) is 5.91 Å². The molecule has 6 nitrogen and oxygen atoms in total. The van der Waals surface area contributed by atoms with Gasteiger partial charge in [-0.25, -0.2) is 0 Å². The van der Waals surface area contributed by atoms with E-state index in [4.69, 9.17) is 21.1 Å². The highest BCUT2D eigenvalue weighted by Gasteiger charge is 2.36. The van der Waals surface area contributed by atoms with Crippen LogP contribution in [0.1, 0.15) is 62.8 Å². The van der Waals surface area contributed by atoms with Gasteiger partial charge in [0.1, 0.15) is 0 Å².